The molecule has 0 bridgehead atoms. The molecule has 0 atom stereocenters. The van der Waals surface area contributed by atoms with E-state index in [-0.39, 0.29) is 12.3 Å². The minimum Gasteiger partial charge on any atom is -0.493 e. The summed E-state index contributed by atoms with van der Waals surface area (Å²) in [7, 11) is 1.48. The van der Waals surface area contributed by atoms with E-state index in [1.165, 1.54) is 19.2 Å². The molecule has 0 unspecified atom stereocenters. The first-order valence-corrected chi connectivity index (χ1v) is 9.66. The van der Waals surface area contributed by atoms with Crippen LogP contribution in [0.15, 0.2) is 72.8 Å². The highest BCUT2D eigenvalue weighted by Gasteiger charge is 2.30. The van der Waals surface area contributed by atoms with Gasteiger partial charge in [0.05, 0.1) is 12.7 Å². The molecule has 168 valence electrons. The van der Waals surface area contributed by atoms with Gasteiger partial charge < -0.3 is 20.2 Å². The smallest absolute Gasteiger partial charge is 0.416 e. The van der Waals surface area contributed by atoms with Gasteiger partial charge in [-0.15, -0.1) is 0 Å². The maximum Gasteiger partial charge on any atom is 0.416 e. The van der Waals surface area contributed by atoms with Crippen molar-refractivity contribution in [2.75, 3.05) is 24.5 Å². The van der Waals surface area contributed by atoms with Gasteiger partial charge in [-0.3, -0.25) is 4.79 Å². The Morgan fingerprint density at radius 1 is 0.906 bits per heavy atom. The van der Waals surface area contributed by atoms with Crippen molar-refractivity contribution in [3.8, 4) is 11.5 Å². The summed E-state index contributed by atoms with van der Waals surface area (Å²) in [5, 5.41) is 2.39. The number of methoxy groups -OCH3 is 1. The molecule has 0 fully saturated rings. The summed E-state index contributed by atoms with van der Waals surface area (Å²) >= 11 is 0. The quantitative estimate of drug-likeness (QED) is 0.411. The van der Waals surface area contributed by atoms with Crippen LogP contribution in [0.5, 0.6) is 11.5 Å². The number of para-hydroxylation sites is 1. The molecule has 0 saturated heterocycles. The largest absolute Gasteiger partial charge is 0.493 e. The van der Waals surface area contributed by atoms with Gasteiger partial charge in [-0.05, 0) is 48.0 Å². The molecule has 0 spiro atoms. The van der Waals surface area contributed by atoms with Gasteiger partial charge in [-0.25, -0.2) is 5.43 Å². The molecule has 0 aliphatic heterocycles. The van der Waals surface area contributed by atoms with Gasteiger partial charge in [0, 0.05) is 17.9 Å². The highest BCUT2D eigenvalue weighted by Crippen LogP contribution is 2.31. The molecule has 0 aromatic heterocycles. The molecule has 0 saturated carbocycles. The first kappa shape index (κ1) is 23.0. The Labute approximate surface area is 183 Å². The van der Waals surface area contributed by atoms with Crippen LogP contribution in [0.3, 0.4) is 0 Å². The third kappa shape index (κ3) is 6.64. The Morgan fingerprint density at radius 3 is 2.38 bits per heavy atom. The zero-order chi connectivity index (χ0) is 23.0. The normalized spacial score (nSPS) is 11.0. The minimum atomic E-state index is -4.49. The fraction of sp³-hybridized carbons (Fsp3) is 0.174. The lowest BCUT2D eigenvalue weighted by Crippen LogP contribution is -2.21. The fourth-order valence-corrected chi connectivity index (χ4v) is 2.82. The molecule has 0 heterocycles. The summed E-state index contributed by atoms with van der Waals surface area (Å²) in [6.07, 6.45) is -4.49. The molecule has 3 aromatic rings. The number of halogens is 3. The summed E-state index contributed by atoms with van der Waals surface area (Å²) in [4.78, 5) is 12.1. The van der Waals surface area contributed by atoms with Crippen molar-refractivity contribution >= 4 is 17.3 Å². The van der Waals surface area contributed by atoms with Crippen molar-refractivity contribution in [1.82, 2.24) is 5.43 Å². The third-order valence-corrected chi connectivity index (χ3v) is 4.36. The Bertz CT molecular complexity index is 1040. The van der Waals surface area contributed by atoms with Crippen molar-refractivity contribution in [3.63, 3.8) is 0 Å². The van der Waals surface area contributed by atoms with Crippen molar-refractivity contribution < 1.29 is 27.4 Å². The molecule has 0 radical (unpaired) electrons. The molecular formula is C23H22F3N3O3. The molecule has 1 amide bonds. The lowest BCUT2D eigenvalue weighted by molar-refractivity contribution is -0.137. The number of carbonyl (C=O) groups is 1. The van der Waals surface area contributed by atoms with E-state index < -0.39 is 17.6 Å². The van der Waals surface area contributed by atoms with E-state index >= 15 is 0 Å². The molecule has 0 aliphatic carbocycles. The summed E-state index contributed by atoms with van der Waals surface area (Å²) in [6, 6.07) is 19.2. The van der Waals surface area contributed by atoms with E-state index in [1.54, 1.807) is 12.1 Å². The lowest BCUT2D eigenvalue weighted by Gasteiger charge is -2.14. The number of alkyl halides is 3. The van der Waals surface area contributed by atoms with Gasteiger partial charge in [0.25, 0.3) is 5.91 Å². The molecule has 3 rings (SSSR count). The Morgan fingerprint density at radius 2 is 1.66 bits per heavy atom. The first-order valence-electron chi connectivity index (χ1n) is 9.66. The summed E-state index contributed by atoms with van der Waals surface area (Å²) < 4.78 is 49.2. The second-order valence-corrected chi connectivity index (χ2v) is 6.75. The molecule has 32 heavy (non-hydrogen) atoms. The van der Waals surface area contributed by atoms with Crippen molar-refractivity contribution in [2.24, 2.45) is 0 Å². The average Bonchev–Trinajstić information content (AvgIpc) is 2.78. The van der Waals surface area contributed by atoms with Crippen molar-refractivity contribution in [3.05, 3.63) is 83.9 Å². The molecular weight excluding hydrogens is 423 g/mol. The number of nitrogens with one attached hydrogen (secondary N) is 3. The Hall–Kier alpha value is -3.72. The van der Waals surface area contributed by atoms with Gasteiger partial charge in [-0.1, -0.05) is 30.3 Å². The number of benzene rings is 3. The van der Waals surface area contributed by atoms with E-state index in [0.717, 1.165) is 23.4 Å². The van der Waals surface area contributed by atoms with Gasteiger partial charge in [0.15, 0.2) is 18.1 Å². The van der Waals surface area contributed by atoms with Crippen LogP contribution in [-0.4, -0.2) is 19.6 Å². The van der Waals surface area contributed by atoms with Crippen molar-refractivity contribution in [2.45, 2.75) is 12.7 Å². The molecule has 0 aliphatic rings. The van der Waals surface area contributed by atoms with E-state index in [4.69, 9.17) is 9.47 Å². The third-order valence-electron chi connectivity index (χ3n) is 4.36. The van der Waals surface area contributed by atoms with Crippen LogP contribution in [0.1, 0.15) is 11.1 Å². The average molecular weight is 445 g/mol. The number of hydrazine groups is 1. The molecule has 6 nitrogen and oxygen atoms in total. The number of ether oxygens (including phenoxy) is 2. The maximum atomic E-state index is 12.8. The second-order valence-electron chi connectivity index (χ2n) is 6.75. The van der Waals surface area contributed by atoms with Crippen LogP contribution >= 0.6 is 0 Å². The number of hydrogen-bond donors (Lipinski definition) is 3. The van der Waals surface area contributed by atoms with Crippen LogP contribution in [-0.2, 0) is 17.5 Å². The fourth-order valence-electron chi connectivity index (χ4n) is 2.82. The summed E-state index contributed by atoms with van der Waals surface area (Å²) in [6.45, 7) is 0.112. The SMILES string of the molecule is COc1cc(CNNc2ccccc2)ccc1OCC(=O)Nc1cccc(C(F)(F)F)c1. The van der Waals surface area contributed by atoms with E-state index in [0.29, 0.717) is 18.0 Å². The zero-order valence-electron chi connectivity index (χ0n) is 17.2. The molecule has 9 heteroatoms. The highest BCUT2D eigenvalue weighted by molar-refractivity contribution is 5.92. The predicted octanol–water partition coefficient (Wildman–Crippen LogP) is 4.85. The van der Waals surface area contributed by atoms with Gasteiger partial charge >= 0.3 is 6.18 Å². The monoisotopic (exact) mass is 445 g/mol. The lowest BCUT2D eigenvalue weighted by atomic mass is 10.2. The number of carbonyl (C=O) groups excluding carboxylic acids is 1. The number of hydrogen-bond acceptors (Lipinski definition) is 5. The number of rotatable bonds is 9. The van der Waals surface area contributed by atoms with Gasteiger partial charge in [-0.2, -0.15) is 13.2 Å². The standard InChI is InChI=1S/C23H22F3N3O3/c1-31-21-12-16(14-27-29-18-7-3-2-4-8-18)10-11-20(21)32-15-22(30)28-19-9-5-6-17(13-19)23(24,25)26/h2-13,27,29H,14-15H2,1H3,(H,28,30). The molecule has 3 aromatic carbocycles. The summed E-state index contributed by atoms with van der Waals surface area (Å²) in [5.41, 5.74) is 7.19. The molecule has 3 N–H and O–H groups in total. The minimum absolute atomic E-state index is 0.0349. The van der Waals surface area contributed by atoms with Gasteiger partial charge in [0.2, 0.25) is 0 Å². The first-order chi connectivity index (χ1) is 15.3. The number of anilines is 2. The maximum absolute atomic E-state index is 12.8. The van der Waals surface area contributed by atoms with Crippen molar-refractivity contribution in [1.29, 1.82) is 0 Å². The van der Waals surface area contributed by atoms with E-state index in [9.17, 15) is 18.0 Å². The Balaban J connectivity index is 1.53. The van der Waals surface area contributed by atoms with Gasteiger partial charge in [0.1, 0.15) is 0 Å². The van der Waals surface area contributed by atoms with E-state index in [2.05, 4.69) is 16.2 Å². The van der Waals surface area contributed by atoms with Crippen LogP contribution < -0.4 is 25.6 Å². The van der Waals surface area contributed by atoms with E-state index in [1.807, 2.05) is 36.4 Å². The zero-order valence-corrected chi connectivity index (χ0v) is 17.2. The second kappa shape index (κ2) is 10.5. The number of amides is 1. The topological polar surface area (TPSA) is 71.6 Å². The van der Waals surface area contributed by atoms with Crippen LogP contribution in [0.2, 0.25) is 0 Å². The summed E-state index contributed by atoms with van der Waals surface area (Å²) in [5.74, 6) is 0.173. The highest BCUT2D eigenvalue weighted by atomic mass is 19.4. The van der Waals surface area contributed by atoms with Crippen LogP contribution in [0, 0.1) is 0 Å². The Kier molecular flexibility index (Phi) is 7.56. The van der Waals surface area contributed by atoms with Crippen LogP contribution in [0.25, 0.3) is 0 Å². The van der Waals surface area contributed by atoms with Crippen LogP contribution in [0.4, 0.5) is 24.5 Å². The predicted molar refractivity (Wildman–Crippen MR) is 115 cm³/mol.